The monoisotopic (exact) mass is 281 g/mol. The molecule has 0 aliphatic rings. The van der Waals surface area contributed by atoms with E-state index in [1.165, 1.54) is 0 Å². The summed E-state index contributed by atoms with van der Waals surface area (Å²) in [6.07, 6.45) is 11.3. The summed E-state index contributed by atoms with van der Waals surface area (Å²) >= 11 is 0. The summed E-state index contributed by atoms with van der Waals surface area (Å²) in [7, 11) is 0. The quantitative estimate of drug-likeness (QED) is 0.603. The molecule has 0 amide bonds. The van der Waals surface area contributed by atoms with Gasteiger partial charge in [0.15, 0.2) is 0 Å². The molecule has 2 rings (SSSR count). The third kappa shape index (κ3) is 2.75. The molecule has 2 aromatic rings. The van der Waals surface area contributed by atoms with E-state index in [9.17, 15) is 4.48 Å². The number of hydrogen-bond acceptors (Lipinski definition) is 0. The topological polar surface area (TPSA) is 4.93 Å². The van der Waals surface area contributed by atoms with Crippen LogP contribution < -0.4 is 0 Å². The van der Waals surface area contributed by atoms with Crippen molar-refractivity contribution in [3.8, 4) is 0 Å². The Labute approximate surface area is 125 Å². The van der Waals surface area contributed by atoms with Gasteiger partial charge < -0.3 is 0 Å². The van der Waals surface area contributed by atoms with Gasteiger partial charge in [0.1, 0.15) is 0 Å². The predicted molar refractivity (Wildman–Crippen MR) is 91.7 cm³/mol. The fourth-order valence-electron chi connectivity index (χ4n) is 2.41. The summed E-state index contributed by atoms with van der Waals surface area (Å²) in [5, 5.41) is 0.881. The molecule has 0 radical (unpaired) electrons. The van der Waals surface area contributed by atoms with Crippen LogP contribution >= 0.6 is 0 Å². The van der Waals surface area contributed by atoms with Gasteiger partial charge in [0.25, 0.3) is 0 Å². The Morgan fingerprint density at radius 2 is 2.00 bits per heavy atom. The second-order valence-electron chi connectivity index (χ2n) is 4.89. The van der Waals surface area contributed by atoms with Gasteiger partial charge in [0.05, 0.1) is 11.2 Å². The van der Waals surface area contributed by atoms with Crippen molar-refractivity contribution in [2.75, 3.05) is 0 Å². The molecule has 0 aliphatic carbocycles. The van der Waals surface area contributed by atoms with Crippen molar-refractivity contribution in [3.05, 3.63) is 65.9 Å². The van der Waals surface area contributed by atoms with Gasteiger partial charge in [0, 0.05) is 10.9 Å². The van der Waals surface area contributed by atoms with Crippen LogP contribution in [0.1, 0.15) is 37.6 Å². The first-order valence-corrected chi connectivity index (χ1v) is 7.03. The summed E-state index contributed by atoms with van der Waals surface area (Å²) in [5.41, 5.74) is 4.16. The normalized spacial score (nSPS) is 12.9. The van der Waals surface area contributed by atoms with E-state index in [4.69, 9.17) is 0 Å². The van der Waals surface area contributed by atoms with Crippen LogP contribution in [0.4, 0.5) is 4.48 Å². The molecular formula is C19H20FN. The molecule has 21 heavy (non-hydrogen) atoms. The van der Waals surface area contributed by atoms with Gasteiger partial charge in [-0.1, -0.05) is 47.5 Å². The first-order valence-electron chi connectivity index (χ1n) is 7.03. The van der Waals surface area contributed by atoms with Gasteiger partial charge in [0.2, 0.25) is 0 Å². The van der Waals surface area contributed by atoms with Crippen LogP contribution in [0.25, 0.3) is 28.6 Å². The smallest absolute Gasteiger partial charge is 0.0826 e. The number of nitrogens with zero attached hydrogens (tertiary/aromatic N) is 1. The zero-order valence-corrected chi connectivity index (χ0v) is 12.7. The highest BCUT2D eigenvalue weighted by molar-refractivity contribution is 5.95. The minimum Gasteiger partial charge on any atom is -0.179 e. The minimum absolute atomic E-state index is 0.537. The maximum absolute atomic E-state index is 14.4. The molecule has 0 unspecified atom stereocenters. The lowest BCUT2D eigenvalue weighted by molar-refractivity contribution is 0.384. The minimum atomic E-state index is 0.537. The average molecular weight is 281 g/mol. The molecule has 0 spiro atoms. The number of benzene rings is 1. The zero-order chi connectivity index (χ0) is 15.4. The van der Waals surface area contributed by atoms with E-state index in [1.807, 2.05) is 63.3 Å². The molecular weight excluding hydrogens is 261 g/mol. The Kier molecular flexibility index (Phi) is 4.59. The number of fused-ring (bicyclic) bond motifs is 1. The Bertz CT molecular complexity index is 757. The molecule has 1 heterocycles. The molecule has 0 aliphatic heterocycles. The second kappa shape index (κ2) is 6.40. The Balaban J connectivity index is 2.70. The summed E-state index contributed by atoms with van der Waals surface area (Å²) in [4.78, 5) is 0.723. The largest absolute Gasteiger partial charge is 0.179 e. The first-order chi connectivity index (χ1) is 10.1. The fraction of sp³-hybridized carbons (Fsp3) is 0.158. The summed E-state index contributed by atoms with van der Waals surface area (Å²) in [6, 6.07) is 5.78. The van der Waals surface area contributed by atoms with Crippen LogP contribution in [0, 0.1) is 0 Å². The highest BCUT2D eigenvalue weighted by Gasteiger charge is 2.13. The van der Waals surface area contributed by atoms with Crippen molar-refractivity contribution in [2.45, 2.75) is 20.8 Å². The predicted octanol–water partition coefficient (Wildman–Crippen LogP) is 6.03. The third-order valence-corrected chi connectivity index (χ3v) is 3.51. The number of allylic oxidation sites excluding steroid dienone is 5. The van der Waals surface area contributed by atoms with Gasteiger partial charge >= 0.3 is 0 Å². The molecule has 1 nitrogen and oxygen atoms in total. The van der Waals surface area contributed by atoms with Gasteiger partial charge in [-0.3, -0.25) is 0 Å². The fourth-order valence-corrected chi connectivity index (χ4v) is 2.41. The van der Waals surface area contributed by atoms with Gasteiger partial charge in [-0.05, 0) is 50.1 Å². The van der Waals surface area contributed by atoms with Crippen LogP contribution in [0.5, 0.6) is 0 Å². The maximum Gasteiger partial charge on any atom is 0.0826 e. The lowest BCUT2D eigenvalue weighted by atomic mass is 10.0. The highest BCUT2D eigenvalue weighted by atomic mass is 19.2. The van der Waals surface area contributed by atoms with E-state index >= 15 is 0 Å². The SMILES string of the molecule is C=Cc1c(/C=C\C)n(F)c2ccc(/C(C)=C/C=C\C)cc12. The van der Waals surface area contributed by atoms with Crippen molar-refractivity contribution in [1.29, 1.82) is 0 Å². The van der Waals surface area contributed by atoms with Crippen molar-refractivity contribution in [1.82, 2.24) is 4.79 Å². The van der Waals surface area contributed by atoms with Crippen molar-refractivity contribution < 1.29 is 4.48 Å². The summed E-state index contributed by atoms with van der Waals surface area (Å²) in [6.45, 7) is 9.73. The maximum atomic E-state index is 14.4. The van der Waals surface area contributed by atoms with E-state index in [0.717, 1.165) is 26.9 Å². The van der Waals surface area contributed by atoms with E-state index in [2.05, 4.69) is 6.58 Å². The van der Waals surface area contributed by atoms with Crippen LogP contribution in [0.2, 0.25) is 0 Å². The lowest BCUT2D eigenvalue weighted by Crippen LogP contribution is -1.85. The Hall–Kier alpha value is -2.35. The molecule has 1 aromatic heterocycles. The number of rotatable bonds is 4. The number of aromatic nitrogens is 1. The molecule has 1 aromatic carbocycles. The molecule has 2 heteroatoms. The Morgan fingerprint density at radius 3 is 2.62 bits per heavy atom. The molecule has 0 bridgehead atoms. The molecule has 0 atom stereocenters. The standard InChI is InChI=1S/C19H20FN/c1-5-8-10-14(4)15-11-12-19-17(13-15)16(7-3)18(9-6-2)21(19)20/h5-13H,3H2,1-2,4H3/b8-5-,9-6-,14-10+. The highest BCUT2D eigenvalue weighted by Crippen LogP contribution is 2.31. The number of halogens is 1. The molecule has 0 fully saturated rings. The van der Waals surface area contributed by atoms with Crippen LogP contribution in [-0.4, -0.2) is 4.79 Å². The van der Waals surface area contributed by atoms with E-state index in [0.29, 0.717) is 11.2 Å². The van der Waals surface area contributed by atoms with Crippen molar-refractivity contribution in [3.63, 3.8) is 0 Å². The average Bonchev–Trinajstić information content (AvgIpc) is 2.77. The van der Waals surface area contributed by atoms with Gasteiger partial charge in [-0.15, -0.1) is 0 Å². The van der Waals surface area contributed by atoms with Crippen LogP contribution in [0.15, 0.2) is 49.1 Å². The molecule has 0 N–H and O–H groups in total. The first kappa shape index (κ1) is 15.0. The van der Waals surface area contributed by atoms with Crippen molar-refractivity contribution >= 4 is 28.6 Å². The molecule has 0 saturated carbocycles. The van der Waals surface area contributed by atoms with Crippen molar-refractivity contribution in [2.24, 2.45) is 0 Å². The molecule has 108 valence electrons. The zero-order valence-electron chi connectivity index (χ0n) is 12.7. The summed E-state index contributed by atoms with van der Waals surface area (Å²) in [5.74, 6) is 0. The third-order valence-electron chi connectivity index (χ3n) is 3.51. The Morgan fingerprint density at radius 1 is 1.24 bits per heavy atom. The number of hydrogen-bond donors (Lipinski definition) is 0. The van der Waals surface area contributed by atoms with Gasteiger partial charge in [-0.25, -0.2) is 0 Å². The summed E-state index contributed by atoms with van der Waals surface area (Å²) < 4.78 is 14.4. The van der Waals surface area contributed by atoms with E-state index in [-0.39, 0.29) is 0 Å². The van der Waals surface area contributed by atoms with Crippen LogP contribution in [0.3, 0.4) is 0 Å². The van der Waals surface area contributed by atoms with Crippen LogP contribution in [-0.2, 0) is 0 Å². The second-order valence-corrected chi connectivity index (χ2v) is 4.89. The van der Waals surface area contributed by atoms with Gasteiger partial charge in [-0.2, -0.15) is 4.79 Å². The molecule has 0 saturated heterocycles. The van der Waals surface area contributed by atoms with E-state index < -0.39 is 0 Å². The van der Waals surface area contributed by atoms with E-state index in [1.54, 1.807) is 12.2 Å². The lowest BCUT2D eigenvalue weighted by Gasteiger charge is -2.02.